The van der Waals surface area contributed by atoms with Gasteiger partial charge in [0.15, 0.2) is 4.77 Å². The van der Waals surface area contributed by atoms with Crippen molar-refractivity contribution in [3.05, 3.63) is 63.0 Å². The van der Waals surface area contributed by atoms with Crippen LogP contribution in [0, 0.1) is 4.77 Å². The van der Waals surface area contributed by atoms with Crippen molar-refractivity contribution in [2.24, 2.45) is 0 Å². The van der Waals surface area contributed by atoms with Gasteiger partial charge in [-0.15, -0.1) is 0 Å². The Labute approximate surface area is 178 Å². The molecule has 0 atom stereocenters. The van der Waals surface area contributed by atoms with E-state index >= 15 is 0 Å². The minimum absolute atomic E-state index is 0.175. The first-order chi connectivity index (χ1) is 14.6. The van der Waals surface area contributed by atoms with E-state index in [0.29, 0.717) is 67.0 Å². The lowest BCUT2D eigenvalue weighted by Gasteiger charge is -2.09. The smallest absolute Gasteiger partial charge is 0.262 e. The summed E-state index contributed by atoms with van der Waals surface area (Å²) in [7, 11) is 1.62. The molecule has 0 unspecified atom stereocenters. The van der Waals surface area contributed by atoms with Gasteiger partial charge in [-0.2, -0.15) is 0 Å². The zero-order valence-corrected chi connectivity index (χ0v) is 17.6. The number of amides is 1. The third kappa shape index (κ3) is 5.65. The average molecular weight is 432 g/mol. The number of nitrogens with one attached hydrogen (secondary N) is 2. The summed E-state index contributed by atoms with van der Waals surface area (Å²) in [6, 6.07) is 8.60. The van der Waals surface area contributed by atoms with Gasteiger partial charge in [0.2, 0.25) is 0 Å². The number of rotatable bonds is 11. The Balaban J connectivity index is 1.56. The molecule has 3 rings (SSSR count). The van der Waals surface area contributed by atoms with E-state index in [4.69, 9.17) is 26.1 Å². The second kappa shape index (κ2) is 10.9. The van der Waals surface area contributed by atoms with Gasteiger partial charge >= 0.3 is 0 Å². The van der Waals surface area contributed by atoms with Gasteiger partial charge in [-0.05, 0) is 55.4 Å². The summed E-state index contributed by atoms with van der Waals surface area (Å²) in [6.07, 6.45) is 2.96. The Kier molecular flexibility index (Phi) is 7.95. The number of nitrogens with zero attached hydrogens (tertiary/aromatic N) is 1. The fraction of sp³-hybridized carbons (Fsp3) is 0.381. The van der Waals surface area contributed by atoms with Crippen LogP contribution in [0.2, 0.25) is 0 Å². The van der Waals surface area contributed by atoms with Crippen molar-refractivity contribution in [1.82, 2.24) is 14.9 Å². The Bertz CT molecular complexity index is 1090. The van der Waals surface area contributed by atoms with Crippen LogP contribution < -0.4 is 10.9 Å². The van der Waals surface area contributed by atoms with Gasteiger partial charge in [0.1, 0.15) is 12.4 Å². The lowest BCUT2D eigenvalue weighted by atomic mass is 10.1. The lowest BCUT2D eigenvalue weighted by molar-refractivity contribution is 0.0917. The molecule has 2 N–H and O–H groups in total. The molecule has 0 aliphatic heterocycles. The predicted octanol–water partition coefficient (Wildman–Crippen LogP) is 3.03. The predicted molar refractivity (Wildman–Crippen MR) is 115 cm³/mol. The molecule has 0 saturated carbocycles. The number of hydrogen-bond donors (Lipinski definition) is 2. The van der Waals surface area contributed by atoms with Crippen molar-refractivity contribution in [2.75, 3.05) is 26.9 Å². The zero-order valence-electron chi connectivity index (χ0n) is 16.8. The number of aromatic nitrogens is 2. The highest BCUT2D eigenvalue weighted by Crippen LogP contribution is 2.11. The number of carbonyl (C=O) groups excluding carboxylic acids is 1. The van der Waals surface area contributed by atoms with E-state index in [9.17, 15) is 9.59 Å². The summed E-state index contributed by atoms with van der Waals surface area (Å²) in [5, 5.41) is 3.34. The Morgan fingerprint density at radius 2 is 2.13 bits per heavy atom. The Hall–Kier alpha value is -2.75. The van der Waals surface area contributed by atoms with Crippen LogP contribution in [0.5, 0.6) is 0 Å². The average Bonchev–Trinajstić information content (AvgIpc) is 3.26. The van der Waals surface area contributed by atoms with Gasteiger partial charge in [-0.3, -0.25) is 14.2 Å². The minimum atomic E-state index is -0.216. The van der Waals surface area contributed by atoms with Gasteiger partial charge in [0.05, 0.1) is 17.2 Å². The molecule has 0 aliphatic rings. The molecule has 2 heterocycles. The third-order valence-corrected chi connectivity index (χ3v) is 4.87. The molecule has 1 aromatic carbocycles. The van der Waals surface area contributed by atoms with Crippen LogP contribution in [0.4, 0.5) is 0 Å². The molecular weight excluding hydrogens is 406 g/mol. The molecule has 160 valence electrons. The molecule has 0 radical (unpaired) electrons. The number of furan rings is 1. The van der Waals surface area contributed by atoms with E-state index < -0.39 is 0 Å². The second-order valence-electron chi connectivity index (χ2n) is 6.74. The van der Waals surface area contributed by atoms with E-state index in [1.807, 2.05) is 12.1 Å². The van der Waals surface area contributed by atoms with E-state index in [2.05, 4.69) is 10.3 Å². The number of carbonyl (C=O) groups is 1. The highest BCUT2D eigenvalue weighted by molar-refractivity contribution is 7.71. The molecule has 0 bridgehead atoms. The SMILES string of the molecule is COCCCn1c(=S)[nH]c2cc(C(=O)NCCCOCc3ccco3)ccc2c1=O. The summed E-state index contributed by atoms with van der Waals surface area (Å²) in [6.45, 7) is 2.42. The second-order valence-corrected chi connectivity index (χ2v) is 7.12. The molecule has 0 saturated heterocycles. The van der Waals surface area contributed by atoms with Crippen LogP contribution >= 0.6 is 12.2 Å². The van der Waals surface area contributed by atoms with Gasteiger partial charge < -0.3 is 24.2 Å². The highest BCUT2D eigenvalue weighted by atomic mass is 32.1. The summed E-state index contributed by atoms with van der Waals surface area (Å²) in [5.41, 5.74) is 0.828. The Morgan fingerprint density at radius 3 is 2.90 bits per heavy atom. The van der Waals surface area contributed by atoms with Crippen LogP contribution in [-0.2, 0) is 22.6 Å². The molecule has 2 aromatic heterocycles. The number of methoxy groups -OCH3 is 1. The Morgan fingerprint density at radius 1 is 1.27 bits per heavy atom. The molecule has 0 aliphatic carbocycles. The van der Waals surface area contributed by atoms with E-state index in [1.165, 1.54) is 4.57 Å². The van der Waals surface area contributed by atoms with Crippen LogP contribution in [0.15, 0.2) is 45.8 Å². The van der Waals surface area contributed by atoms with Crippen molar-refractivity contribution in [2.45, 2.75) is 26.0 Å². The fourth-order valence-electron chi connectivity index (χ4n) is 3.01. The quantitative estimate of drug-likeness (QED) is 0.358. The lowest BCUT2D eigenvalue weighted by Crippen LogP contribution is -2.26. The minimum Gasteiger partial charge on any atom is -0.467 e. The number of fused-ring (bicyclic) bond motifs is 1. The molecule has 8 nitrogen and oxygen atoms in total. The number of aromatic amines is 1. The number of ether oxygens (including phenoxy) is 2. The normalized spacial score (nSPS) is 11.1. The monoisotopic (exact) mass is 431 g/mol. The van der Waals surface area contributed by atoms with Crippen LogP contribution in [0.1, 0.15) is 29.0 Å². The van der Waals surface area contributed by atoms with Gasteiger partial charge in [-0.25, -0.2) is 0 Å². The molecule has 30 heavy (non-hydrogen) atoms. The third-order valence-electron chi connectivity index (χ3n) is 4.55. The first kappa shape index (κ1) is 21.9. The summed E-state index contributed by atoms with van der Waals surface area (Å²) >= 11 is 5.31. The van der Waals surface area contributed by atoms with Crippen molar-refractivity contribution in [1.29, 1.82) is 0 Å². The number of H-pyrrole nitrogens is 1. The maximum absolute atomic E-state index is 12.7. The number of benzene rings is 1. The van der Waals surface area contributed by atoms with Gasteiger partial charge in [-0.1, -0.05) is 0 Å². The maximum Gasteiger partial charge on any atom is 0.262 e. The molecule has 1 amide bonds. The summed E-state index contributed by atoms with van der Waals surface area (Å²) in [5.74, 6) is 0.553. The highest BCUT2D eigenvalue weighted by Gasteiger charge is 2.10. The summed E-state index contributed by atoms with van der Waals surface area (Å²) in [4.78, 5) is 28.2. The topological polar surface area (TPSA) is 98.5 Å². The van der Waals surface area contributed by atoms with Crippen LogP contribution in [0.3, 0.4) is 0 Å². The van der Waals surface area contributed by atoms with E-state index in [-0.39, 0.29) is 11.5 Å². The number of hydrogen-bond acceptors (Lipinski definition) is 6. The zero-order chi connectivity index (χ0) is 21.3. The summed E-state index contributed by atoms with van der Waals surface area (Å²) < 4.78 is 17.5. The maximum atomic E-state index is 12.7. The van der Waals surface area contributed by atoms with Gasteiger partial charge in [0.25, 0.3) is 11.5 Å². The van der Waals surface area contributed by atoms with E-state index in [1.54, 1.807) is 31.6 Å². The first-order valence-electron chi connectivity index (χ1n) is 9.74. The van der Waals surface area contributed by atoms with Crippen LogP contribution in [0.25, 0.3) is 10.9 Å². The van der Waals surface area contributed by atoms with E-state index in [0.717, 1.165) is 5.76 Å². The molecule has 0 spiro atoms. The van der Waals surface area contributed by atoms with Crippen molar-refractivity contribution in [3.63, 3.8) is 0 Å². The first-order valence-corrected chi connectivity index (χ1v) is 10.1. The largest absolute Gasteiger partial charge is 0.467 e. The molecular formula is C21H25N3O5S. The molecule has 9 heteroatoms. The van der Waals surface area contributed by atoms with Crippen molar-refractivity contribution >= 4 is 29.0 Å². The van der Waals surface area contributed by atoms with Gasteiger partial charge in [0, 0.05) is 39.0 Å². The fourth-order valence-corrected chi connectivity index (χ4v) is 3.30. The van der Waals surface area contributed by atoms with Crippen molar-refractivity contribution < 1.29 is 18.7 Å². The molecule has 0 fully saturated rings. The molecule has 3 aromatic rings. The standard InChI is InChI=1S/C21H25N3O5S/c1-27-10-4-9-24-20(26)17-7-6-15(13-18(17)23-21(24)30)19(25)22-8-3-11-28-14-16-5-2-12-29-16/h2,5-7,12-13H,3-4,8-11,14H2,1H3,(H,22,25)(H,23,30). The van der Waals surface area contributed by atoms with Crippen LogP contribution in [-0.4, -0.2) is 42.3 Å². The van der Waals surface area contributed by atoms with Crippen molar-refractivity contribution in [3.8, 4) is 0 Å².